The van der Waals surface area contributed by atoms with Crippen LogP contribution in [0.4, 0.5) is 4.79 Å². The molecule has 0 aliphatic heterocycles. The van der Waals surface area contributed by atoms with Gasteiger partial charge in [-0.3, -0.25) is 0 Å². The molecule has 1 aromatic rings. The fourth-order valence-corrected chi connectivity index (χ4v) is 2.83. The van der Waals surface area contributed by atoms with E-state index in [9.17, 15) is 9.59 Å². The zero-order valence-electron chi connectivity index (χ0n) is 15.0. The minimum absolute atomic E-state index is 0.0824. The number of rotatable bonds is 3. The monoisotopic (exact) mass is 333 g/mol. The normalized spacial score (nSPS) is 21.0. The maximum atomic E-state index is 12.1. The van der Waals surface area contributed by atoms with Gasteiger partial charge >= 0.3 is 12.1 Å². The molecule has 0 atom stereocenters. The van der Waals surface area contributed by atoms with Crippen LogP contribution in [0.3, 0.4) is 0 Å². The Labute approximate surface area is 143 Å². The zero-order chi connectivity index (χ0) is 17.7. The Bertz CT molecular complexity index is 556. The molecule has 0 aromatic heterocycles. The van der Waals surface area contributed by atoms with Gasteiger partial charge in [-0.25, -0.2) is 9.59 Å². The van der Waals surface area contributed by atoms with Gasteiger partial charge in [0.15, 0.2) is 0 Å². The molecule has 0 bridgehead atoms. The van der Waals surface area contributed by atoms with Crippen LogP contribution < -0.4 is 0 Å². The summed E-state index contributed by atoms with van der Waals surface area (Å²) in [5, 5.41) is 0. The topological polar surface area (TPSA) is 55.8 Å². The number of amides is 1. The number of hydrogen-bond donors (Lipinski definition) is 0. The van der Waals surface area contributed by atoms with E-state index in [1.165, 1.54) is 0 Å². The van der Waals surface area contributed by atoms with Crippen molar-refractivity contribution in [3.63, 3.8) is 0 Å². The van der Waals surface area contributed by atoms with Crippen molar-refractivity contribution in [2.45, 2.75) is 64.2 Å². The highest BCUT2D eigenvalue weighted by atomic mass is 16.6. The maximum Gasteiger partial charge on any atom is 0.410 e. The van der Waals surface area contributed by atoms with Crippen LogP contribution >= 0.6 is 0 Å². The molecule has 0 heterocycles. The van der Waals surface area contributed by atoms with Gasteiger partial charge in [-0.05, 0) is 58.6 Å². The number of ether oxygens (including phenoxy) is 2. The number of esters is 1. The van der Waals surface area contributed by atoms with Crippen molar-refractivity contribution in [1.82, 2.24) is 4.90 Å². The minimum Gasteiger partial charge on any atom is -0.459 e. The lowest BCUT2D eigenvalue weighted by Gasteiger charge is -2.35. The third-order valence-corrected chi connectivity index (χ3v) is 4.16. The lowest BCUT2D eigenvalue weighted by atomic mass is 9.92. The number of hydrogen-bond acceptors (Lipinski definition) is 4. The quantitative estimate of drug-likeness (QED) is 0.784. The summed E-state index contributed by atoms with van der Waals surface area (Å²) in [4.78, 5) is 25.9. The van der Waals surface area contributed by atoms with E-state index in [1.807, 2.05) is 39.0 Å². The second-order valence-corrected chi connectivity index (χ2v) is 7.29. The van der Waals surface area contributed by atoms with Crippen molar-refractivity contribution in [2.24, 2.45) is 0 Å². The average molecular weight is 333 g/mol. The molecule has 1 saturated carbocycles. The van der Waals surface area contributed by atoms with Gasteiger partial charge in [-0.1, -0.05) is 18.2 Å². The predicted molar refractivity (Wildman–Crippen MR) is 91.9 cm³/mol. The zero-order valence-corrected chi connectivity index (χ0v) is 15.0. The molecule has 0 N–H and O–H groups in total. The Morgan fingerprint density at radius 1 is 1.04 bits per heavy atom. The summed E-state index contributed by atoms with van der Waals surface area (Å²) in [5.41, 5.74) is 0.0822. The van der Waals surface area contributed by atoms with Crippen molar-refractivity contribution >= 4 is 12.1 Å². The second-order valence-electron chi connectivity index (χ2n) is 7.29. The van der Waals surface area contributed by atoms with Gasteiger partial charge in [-0.2, -0.15) is 0 Å². The molecule has 0 unspecified atom stereocenters. The molecule has 0 saturated heterocycles. The molecule has 132 valence electrons. The van der Waals surface area contributed by atoms with E-state index in [0.29, 0.717) is 5.56 Å². The third kappa shape index (κ3) is 5.25. The van der Waals surface area contributed by atoms with Crippen molar-refractivity contribution in [3.8, 4) is 0 Å². The summed E-state index contributed by atoms with van der Waals surface area (Å²) < 4.78 is 11.0. The van der Waals surface area contributed by atoms with Crippen molar-refractivity contribution in [1.29, 1.82) is 0 Å². The van der Waals surface area contributed by atoms with Gasteiger partial charge < -0.3 is 14.4 Å². The van der Waals surface area contributed by atoms with Crippen LogP contribution in [0.1, 0.15) is 56.8 Å². The molecule has 2 rings (SSSR count). The highest BCUT2D eigenvalue weighted by Gasteiger charge is 2.30. The van der Waals surface area contributed by atoms with E-state index in [4.69, 9.17) is 9.47 Å². The molecule has 1 fully saturated rings. The van der Waals surface area contributed by atoms with E-state index in [2.05, 4.69) is 0 Å². The SMILES string of the molecule is CN(C(=O)OC(C)(C)C)C1CCC(OC(=O)c2ccccc2)CC1. The second kappa shape index (κ2) is 7.69. The maximum absolute atomic E-state index is 12.1. The van der Waals surface area contributed by atoms with E-state index in [1.54, 1.807) is 24.1 Å². The summed E-state index contributed by atoms with van der Waals surface area (Å²) in [6.07, 6.45) is 2.76. The summed E-state index contributed by atoms with van der Waals surface area (Å²) in [5.74, 6) is -0.278. The third-order valence-electron chi connectivity index (χ3n) is 4.16. The first-order valence-electron chi connectivity index (χ1n) is 8.48. The molecule has 0 radical (unpaired) electrons. The summed E-state index contributed by atoms with van der Waals surface area (Å²) >= 11 is 0. The van der Waals surface area contributed by atoms with Gasteiger partial charge in [0.2, 0.25) is 0 Å². The first-order chi connectivity index (χ1) is 11.3. The average Bonchev–Trinajstić information content (AvgIpc) is 2.54. The summed E-state index contributed by atoms with van der Waals surface area (Å²) in [6.45, 7) is 5.58. The van der Waals surface area contributed by atoms with Gasteiger partial charge in [0.1, 0.15) is 11.7 Å². The Balaban J connectivity index is 1.81. The molecule has 1 amide bonds. The molecule has 1 aromatic carbocycles. The number of benzene rings is 1. The fraction of sp³-hybridized carbons (Fsp3) is 0.579. The summed E-state index contributed by atoms with van der Waals surface area (Å²) in [6, 6.07) is 9.15. The molecule has 5 nitrogen and oxygen atoms in total. The van der Waals surface area contributed by atoms with Crippen LogP contribution in [-0.4, -0.2) is 41.8 Å². The minimum atomic E-state index is -0.492. The van der Waals surface area contributed by atoms with E-state index < -0.39 is 5.60 Å². The standard InChI is InChI=1S/C19H27NO4/c1-19(2,3)24-18(22)20(4)15-10-12-16(13-11-15)23-17(21)14-8-6-5-7-9-14/h5-9,15-16H,10-13H2,1-4H3. The first kappa shape index (κ1) is 18.3. The first-order valence-corrected chi connectivity index (χ1v) is 8.48. The van der Waals surface area contributed by atoms with Crippen molar-refractivity contribution < 1.29 is 19.1 Å². The molecular weight excluding hydrogens is 306 g/mol. The van der Waals surface area contributed by atoms with Crippen LogP contribution in [0.5, 0.6) is 0 Å². The van der Waals surface area contributed by atoms with Crippen LogP contribution in [0.25, 0.3) is 0 Å². The Morgan fingerprint density at radius 2 is 1.62 bits per heavy atom. The fourth-order valence-electron chi connectivity index (χ4n) is 2.83. The van der Waals surface area contributed by atoms with Crippen molar-refractivity contribution in [3.05, 3.63) is 35.9 Å². The predicted octanol–water partition coefficient (Wildman–Crippen LogP) is 4.02. The lowest BCUT2D eigenvalue weighted by Crippen LogP contribution is -2.43. The highest BCUT2D eigenvalue weighted by Crippen LogP contribution is 2.26. The molecule has 1 aliphatic rings. The summed E-state index contributed by atoms with van der Waals surface area (Å²) in [7, 11) is 1.77. The van der Waals surface area contributed by atoms with E-state index in [0.717, 1.165) is 25.7 Å². The smallest absolute Gasteiger partial charge is 0.410 e. The van der Waals surface area contributed by atoms with Gasteiger partial charge in [0.25, 0.3) is 0 Å². The largest absolute Gasteiger partial charge is 0.459 e. The van der Waals surface area contributed by atoms with Crippen LogP contribution in [0.15, 0.2) is 30.3 Å². The molecule has 24 heavy (non-hydrogen) atoms. The van der Waals surface area contributed by atoms with Gasteiger partial charge in [-0.15, -0.1) is 0 Å². The van der Waals surface area contributed by atoms with Gasteiger partial charge in [0.05, 0.1) is 5.56 Å². The Hall–Kier alpha value is -2.04. The van der Waals surface area contributed by atoms with E-state index in [-0.39, 0.29) is 24.2 Å². The Kier molecular flexibility index (Phi) is 5.86. The highest BCUT2D eigenvalue weighted by molar-refractivity contribution is 5.89. The number of carbonyl (C=O) groups excluding carboxylic acids is 2. The van der Waals surface area contributed by atoms with Crippen LogP contribution in [0, 0.1) is 0 Å². The van der Waals surface area contributed by atoms with Crippen molar-refractivity contribution in [2.75, 3.05) is 7.05 Å². The Morgan fingerprint density at radius 3 is 2.17 bits per heavy atom. The van der Waals surface area contributed by atoms with Crippen LogP contribution in [-0.2, 0) is 9.47 Å². The number of nitrogens with zero attached hydrogens (tertiary/aromatic N) is 1. The molecule has 5 heteroatoms. The molecular formula is C19H27NO4. The lowest BCUT2D eigenvalue weighted by molar-refractivity contribution is 0.0000113. The van der Waals surface area contributed by atoms with E-state index >= 15 is 0 Å². The van der Waals surface area contributed by atoms with Gasteiger partial charge in [0, 0.05) is 13.1 Å². The molecule has 1 aliphatic carbocycles. The number of carbonyl (C=O) groups is 2. The molecule has 0 spiro atoms. The van der Waals surface area contributed by atoms with Crippen LogP contribution in [0.2, 0.25) is 0 Å².